The van der Waals surface area contributed by atoms with E-state index in [1.807, 2.05) is 26.0 Å². The number of carbonyl (C=O) groups is 1. The summed E-state index contributed by atoms with van der Waals surface area (Å²) in [6.07, 6.45) is 0.517. The molecule has 1 aromatic carbocycles. The van der Waals surface area contributed by atoms with Crippen LogP contribution in [0.25, 0.3) is 0 Å². The zero-order valence-corrected chi connectivity index (χ0v) is 12.8. The summed E-state index contributed by atoms with van der Waals surface area (Å²) < 4.78 is 10.7. The smallest absolute Gasteiger partial charge is 0.220 e. The second-order valence-corrected chi connectivity index (χ2v) is 5.34. The lowest BCUT2D eigenvalue weighted by atomic mass is 9.93. The second kappa shape index (κ2) is 6.91. The normalized spacial score (nSPS) is 18.6. The van der Waals surface area contributed by atoms with Gasteiger partial charge in [-0.3, -0.25) is 4.79 Å². The van der Waals surface area contributed by atoms with Crippen LogP contribution in [0.5, 0.6) is 5.75 Å². The Kier molecular flexibility index (Phi) is 5.20. The third kappa shape index (κ3) is 3.54. The van der Waals surface area contributed by atoms with Crippen molar-refractivity contribution in [2.24, 2.45) is 0 Å². The molecule has 0 spiro atoms. The minimum absolute atomic E-state index is 0.0216. The van der Waals surface area contributed by atoms with Crippen LogP contribution in [0.15, 0.2) is 12.1 Å². The Bertz CT molecular complexity index is 515. The fraction of sp³-hybridized carbons (Fsp3) is 0.562. The molecular formula is C16H23NO4. The summed E-state index contributed by atoms with van der Waals surface area (Å²) in [7, 11) is 1.56. The van der Waals surface area contributed by atoms with E-state index in [1.54, 1.807) is 7.11 Å². The summed E-state index contributed by atoms with van der Waals surface area (Å²) in [5.41, 5.74) is 2.69. The number of amides is 1. The van der Waals surface area contributed by atoms with Crippen LogP contribution in [-0.2, 0) is 9.53 Å². The number of methoxy groups -OCH3 is 1. The SMILES string of the molecule is CCC(=O)NC1CCOc2c(C)cc(C(O)COC)cc21. The van der Waals surface area contributed by atoms with Crippen LogP contribution < -0.4 is 10.1 Å². The molecule has 2 atom stereocenters. The first kappa shape index (κ1) is 15.8. The Morgan fingerprint density at radius 2 is 2.33 bits per heavy atom. The first-order valence-electron chi connectivity index (χ1n) is 7.30. The molecule has 1 aliphatic heterocycles. The summed E-state index contributed by atoms with van der Waals surface area (Å²) in [6, 6.07) is 3.76. The minimum Gasteiger partial charge on any atom is -0.493 e. The van der Waals surface area contributed by atoms with E-state index in [9.17, 15) is 9.90 Å². The Labute approximate surface area is 125 Å². The van der Waals surface area contributed by atoms with Gasteiger partial charge in [-0.15, -0.1) is 0 Å². The number of aliphatic hydroxyl groups excluding tert-OH is 1. The third-order valence-corrected chi connectivity index (χ3v) is 3.72. The molecule has 0 radical (unpaired) electrons. The number of rotatable bonds is 5. The molecule has 2 unspecified atom stereocenters. The highest BCUT2D eigenvalue weighted by molar-refractivity contribution is 5.76. The standard InChI is InChI=1S/C16H23NO4/c1-4-15(19)17-13-5-6-21-16-10(2)7-11(8-12(13)16)14(18)9-20-3/h7-8,13-14,18H,4-6,9H2,1-3H3,(H,17,19). The van der Waals surface area contributed by atoms with E-state index in [-0.39, 0.29) is 18.6 Å². The highest BCUT2D eigenvalue weighted by Gasteiger charge is 2.25. The van der Waals surface area contributed by atoms with Crippen molar-refractivity contribution in [3.05, 3.63) is 28.8 Å². The molecule has 5 nitrogen and oxygen atoms in total. The van der Waals surface area contributed by atoms with E-state index in [1.165, 1.54) is 0 Å². The van der Waals surface area contributed by atoms with Crippen LogP contribution in [0.4, 0.5) is 0 Å². The van der Waals surface area contributed by atoms with Crippen LogP contribution in [0.3, 0.4) is 0 Å². The maximum atomic E-state index is 11.7. The van der Waals surface area contributed by atoms with Gasteiger partial charge >= 0.3 is 0 Å². The fourth-order valence-corrected chi connectivity index (χ4v) is 2.61. The van der Waals surface area contributed by atoms with Crippen molar-refractivity contribution >= 4 is 5.91 Å². The van der Waals surface area contributed by atoms with E-state index < -0.39 is 6.10 Å². The molecule has 0 fully saturated rings. The largest absolute Gasteiger partial charge is 0.493 e. The third-order valence-electron chi connectivity index (χ3n) is 3.72. The fourth-order valence-electron chi connectivity index (χ4n) is 2.61. The first-order valence-corrected chi connectivity index (χ1v) is 7.30. The van der Waals surface area contributed by atoms with Gasteiger partial charge in [-0.2, -0.15) is 0 Å². The molecule has 0 saturated carbocycles. The lowest BCUT2D eigenvalue weighted by molar-refractivity contribution is -0.121. The molecule has 0 saturated heterocycles. The molecule has 1 aliphatic rings. The van der Waals surface area contributed by atoms with Gasteiger partial charge in [-0.25, -0.2) is 0 Å². The number of nitrogens with one attached hydrogen (secondary N) is 1. The van der Waals surface area contributed by atoms with Crippen molar-refractivity contribution in [3.63, 3.8) is 0 Å². The lowest BCUT2D eigenvalue weighted by Gasteiger charge is -2.29. The molecule has 21 heavy (non-hydrogen) atoms. The topological polar surface area (TPSA) is 67.8 Å². The number of carbonyl (C=O) groups excluding carboxylic acids is 1. The van der Waals surface area contributed by atoms with Crippen molar-refractivity contribution in [1.29, 1.82) is 0 Å². The van der Waals surface area contributed by atoms with E-state index >= 15 is 0 Å². The highest BCUT2D eigenvalue weighted by atomic mass is 16.5. The molecule has 2 rings (SSSR count). The van der Waals surface area contributed by atoms with Gasteiger partial charge in [-0.05, 0) is 30.2 Å². The number of benzene rings is 1. The number of aryl methyl sites for hydroxylation is 1. The summed E-state index contributed by atoms with van der Waals surface area (Å²) in [5, 5.41) is 13.1. The zero-order valence-electron chi connectivity index (χ0n) is 12.8. The minimum atomic E-state index is -0.677. The van der Waals surface area contributed by atoms with Crippen LogP contribution in [0, 0.1) is 6.92 Å². The van der Waals surface area contributed by atoms with Crippen LogP contribution in [0.2, 0.25) is 0 Å². The molecule has 0 aromatic heterocycles. The number of hydrogen-bond acceptors (Lipinski definition) is 4. The number of ether oxygens (including phenoxy) is 2. The van der Waals surface area contributed by atoms with Crippen molar-refractivity contribution in [3.8, 4) is 5.75 Å². The molecule has 5 heteroatoms. The van der Waals surface area contributed by atoms with E-state index in [2.05, 4.69) is 5.32 Å². The Balaban J connectivity index is 2.34. The summed E-state index contributed by atoms with van der Waals surface area (Å²) >= 11 is 0. The molecule has 116 valence electrons. The van der Waals surface area contributed by atoms with E-state index in [0.717, 1.165) is 28.9 Å². The van der Waals surface area contributed by atoms with Crippen LogP contribution in [-0.4, -0.2) is 31.3 Å². The van der Waals surface area contributed by atoms with Gasteiger partial charge < -0.3 is 19.9 Å². The summed E-state index contributed by atoms with van der Waals surface area (Å²) in [6.45, 7) is 4.61. The second-order valence-electron chi connectivity index (χ2n) is 5.34. The monoisotopic (exact) mass is 293 g/mol. The van der Waals surface area contributed by atoms with Gasteiger partial charge in [-0.1, -0.05) is 6.92 Å². The van der Waals surface area contributed by atoms with Gasteiger partial charge in [0.2, 0.25) is 5.91 Å². The van der Waals surface area contributed by atoms with Gasteiger partial charge in [0.05, 0.1) is 19.3 Å². The molecule has 2 N–H and O–H groups in total. The van der Waals surface area contributed by atoms with Gasteiger partial charge in [0.25, 0.3) is 0 Å². The maximum absolute atomic E-state index is 11.7. The zero-order chi connectivity index (χ0) is 15.4. The number of hydrogen-bond donors (Lipinski definition) is 2. The van der Waals surface area contributed by atoms with Crippen molar-refractivity contribution in [2.75, 3.05) is 20.3 Å². The lowest BCUT2D eigenvalue weighted by Crippen LogP contribution is -2.32. The van der Waals surface area contributed by atoms with Crippen molar-refractivity contribution < 1.29 is 19.4 Å². The number of aliphatic hydroxyl groups is 1. The average molecular weight is 293 g/mol. The van der Waals surface area contributed by atoms with E-state index in [4.69, 9.17) is 9.47 Å². The Hall–Kier alpha value is -1.59. The summed E-state index contributed by atoms with van der Waals surface area (Å²) in [5.74, 6) is 0.837. The predicted molar refractivity (Wildman–Crippen MR) is 79.3 cm³/mol. The van der Waals surface area contributed by atoms with Gasteiger partial charge in [0.1, 0.15) is 11.9 Å². The predicted octanol–water partition coefficient (Wildman–Crippen LogP) is 2.02. The molecular weight excluding hydrogens is 270 g/mol. The Morgan fingerprint density at radius 3 is 3.00 bits per heavy atom. The van der Waals surface area contributed by atoms with E-state index in [0.29, 0.717) is 13.0 Å². The molecule has 1 aromatic rings. The highest BCUT2D eigenvalue weighted by Crippen LogP contribution is 2.37. The van der Waals surface area contributed by atoms with Gasteiger partial charge in [0, 0.05) is 25.5 Å². The average Bonchev–Trinajstić information content (AvgIpc) is 2.48. The quantitative estimate of drug-likeness (QED) is 0.871. The van der Waals surface area contributed by atoms with Crippen LogP contribution in [0.1, 0.15) is 48.6 Å². The molecule has 0 aliphatic carbocycles. The van der Waals surface area contributed by atoms with Crippen molar-refractivity contribution in [1.82, 2.24) is 5.32 Å². The molecule has 0 bridgehead atoms. The van der Waals surface area contributed by atoms with Crippen molar-refractivity contribution in [2.45, 2.75) is 38.8 Å². The Morgan fingerprint density at radius 1 is 1.57 bits per heavy atom. The molecule has 1 heterocycles. The first-order chi connectivity index (χ1) is 10.1. The summed E-state index contributed by atoms with van der Waals surface area (Å²) in [4.78, 5) is 11.7. The number of fused-ring (bicyclic) bond motifs is 1. The maximum Gasteiger partial charge on any atom is 0.220 e. The van der Waals surface area contributed by atoms with Gasteiger partial charge in [0.15, 0.2) is 0 Å². The van der Waals surface area contributed by atoms with Crippen LogP contribution >= 0.6 is 0 Å². The molecule has 1 amide bonds.